The highest BCUT2D eigenvalue weighted by Gasteiger charge is 2.29. The number of rotatable bonds is 4. The molecule has 128 valence electrons. The van der Waals surface area contributed by atoms with Crippen molar-refractivity contribution in [2.24, 2.45) is 0 Å². The number of carbonyl (C=O) groups excluding carboxylic acids is 1. The lowest BCUT2D eigenvalue weighted by Crippen LogP contribution is -2.35. The van der Waals surface area contributed by atoms with Gasteiger partial charge in [-0.3, -0.25) is 4.79 Å². The van der Waals surface area contributed by atoms with E-state index in [0.29, 0.717) is 23.8 Å². The molecular weight excluding hydrogens is 352 g/mol. The van der Waals surface area contributed by atoms with Crippen LogP contribution in [0.1, 0.15) is 29.8 Å². The second-order valence-corrected chi connectivity index (χ2v) is 7.79. The number of halogens is 1. The molecule has 1 saturated heterocycles. The van der Waals surface area contributed by atoms with Crippen molar-refractivity contribution in [1.29, 1.82) is 0 Å². The summed E-state index contributed by atoms with van der Waals surface area (Å²) in [5, 5.41) is 2.77. The molecule has 24 heavy (non-hydrogen) atoms. The quantitative estimate of drug-likeness (QED) is 0.897. The fourth-order valence-electron chi connectivity index (χ4n) is 2.56. The van der Waals surface area contributed by atoms with Crippen molar-refractivity contribution in [3.8, 4) is 0 Å². The zero-order valence-electron chi connectivity index (χ0n) is 12.9. The molecule has 8 heteroatoms. The van der Waals surface area contributed by atoms with E-state index in [-0.39, 0.29) is 10.9 Å². The number of carbonyl (C=O) groups is 1. The van der Waals surface area contributed by atoms with Crippen molar-refractivity contribution in [1.82, 2.24) is 4.31 Å². The van der Waals surface area contributed by atoms with Gasteiger partial charge in [-0.2, -0.15) is 4.31 Å². The molecule has 1 aliphatic rings. The number of nitrogens with zero attached hydrogens (tertiary/aromatic N) is 1. The van der Waals surface area contributed by atoms with Gasteiger partial charge in [-0.1, -0.05) is 30.2 Å². The monoisotopic (exact) mass is 368 g/mol. The molecule has 0 saturated carbocycles. The van der Waals surface area contributed by atoms with Gasteiger partial charge in [-0.15, -0.1) is 0 Å². The van der Waals surface area contributed by atoms with Gasteiger partial charge in [0, 0.05) is 13.1 Å². The zero-order chi connectivity index (χ0) is 17.2. The first kappa shape index (κ1) is 17.0. The maximum atomic E-state index is 12.5. The second kappa shape index (κ2) is 6.96. The first-order valence-electron chi connectivity index (χ1n) is 7.64. The Morgan fingerprint density at radius 1 is 1.08 bits per heavy atom. The molecule has 0 aliphatic carbocycles. The van der Waals surface area contributed by atoms with E-state index in [4.69, 9.17) is 16.0 Å². The maximum absolute atomic E-state index is 12.5. The molecule has 1 amide bonds. The van der Waals surface area contributed by atoms with Crippen molar-refractivity contribution in [2.45, 2.75) is 24.4 Å². The van der Waals surface area contributed by atoms with Crippen molar-refractivity contribution in [3.05, 3.63) is 47.2 Å². The Bertz CT molecular complexity index is 841. The Morgan fingerprint density at radius 2 is 1.79 bits per heavy atom. The summed E-state index contributed by atoms with van der Waals surface area (Å²) in [7, 11) is -3.70. The molecule has 1 aromatic carbocycles. The summed E-state index contributed by atoms with van der Waals surface area (Å²) >= 11 is 5.99. The summed E-state index contributed by atoms with van der Waals surface area (Å²) in [6.07, 6.45) is 2.69. The third-order valence-electron chi connectivity index (χ3n) is 3.84. The summed E-state index contributed by atoms with van der Waals surface area (Å²) < 4.78 is 31.7. The molecule has 1 aliphatic heterocycles. The summed E-state index contributed by atoms with van der Waals surface area (Å²) in [6.45, 7) is 0.953. The molecule has 1 N–H and O–H groups in total. The van der Waals surface area contributed by atoms with E-state index < -0.39 is 15.9 Å². The smallest absolute Gasteiger partial charge is 0.291 e. The minimum Gasteiger partial charge on any atom is -0.438 e. The number of para-hydroxylation sites is 1. The first-order chi connectivity index (χ1) is 11.5. The van der Waals surface area contributed by atoms with Crippen LogP contribution in [-0.2, 0) is 10.0 Å². The summed E-state index contributed by atoms with van der Waals surface area (Å²) in [5.41, 5.74) is 0.431. The lowest BCUT2D eigenvalue weighted by atomic mass is 10.2. The SMILES string of the molecule is O=C(Nc1ccccc1Cl)c1ccc(S(=O)(=O)N2CCCCC2)o1. The third-order valence-corrected chi connectivity index (χ3v) is 5.94. The van der Waals surface area contributed by atoms with Crippen LogP contribution < -0.4 is 5.32 Å². The van der Waals surface area contributed by atoms with Crippen molar-refractivity contribution in [3.63, 3.8) is 0 Å². The molecule has 2 heterocycles. The zero-order valence-corrected chi connectivity index (χ0v) is 14.4. The predicted molar refractivity (Wildman–Crippen MR) is 90.7 cm³/mol. The van der Waals surface area contributed by atoms with E-state index in [1.165, 1.54) is 16.4 Å². The third kappa shape index (κ3) is 3.48. The van der Waals surface area contributed by atoms with Crippen LogP contribution in [0.25, 0.3) is 0 Å². The van der Waals surface area contributed by atoms with Crippen LogP contribution in [0.4, 0.5) is 5.69 Å². The fraction of sp³-hybridized carbons (Fsp3) is 0.312. The number of piperidine rings is 1. The number of hydrogen-bond donors (Lipinski definition) is 1. The fourth-order valence-corrected chi connectivity index (χ4v) is 4.17. The van der Waals surface area contributed by atoms with Crippen LogP contribution in [0.15, 0.2) is 45.9 Å². The van der Waals surface area contributed by atoms with E-state index in [2.05, 4.69) is 5.32 Å². The van der Waals surface area contributed by atoms with Crippen LogP contribution >= 0.6 is 11.6 Å². The molecule has 1 aromatic heterocycles. The molecule has 0 bridgehead atoms. The summed E-state index contributed by atoms with van der Waals surface area (Å²) in [6, 6.07) is 9.43. The largest absolute Gasteiger partial charge is 0.438 e. The maximum Gasteiger partial charge on any atom is 0.291 e. The van der Waals surface area contributed by atoms with Crippen LogP contribution in [-0.4, -0.2) is 31.7 Å². The van der Waals surface area contributed by atoms with Gasteiger partial charge in [-0.25, -0.2) is 8.42 Å². The first-order valence-corrected chi connectivity index (χ1v) is 9.46. The molecule has 0 spiro atoms. The highest BCUT2D eigenvalue weighted by atomic mass is 35.5. The molecule has 6 nitrogen and oxygen atoms in total. The van der Waals surface area contributed by atoms with Gasteiger partial charge in [0.2, 0.25) is 5.09 Å². The van der Waals surface area contributed by atoms with Gasteiger partial charge in [0.25, 0.3) is 15.9 Å². The van der Waals surface area contributed by atoms with Crippen LogP contribution in [0.5, 0.6) is 0 Å². The number of benzene rings is 1. The highest BCUT2D eigenvalue weighted by Crippen LogP contribution is 2.24. The second-order valence-electron chi connectivity index (χ2n) is 5.52. The lowest BCUT2D eigenvalue weighted by Gasteiger charge is -2.24. The number of hydrogen-bond acceptors (Lipinski definition) is 4. The standard InChI is InChI=1S/C16H17ClN2O4S/c17-12-6-2-3-7-13(12)18-16(20)14-8-9-15(23-14)24(21,22)19-10-4-1-5-11-19/h2-3,6-9H,1,4-5,10-11H2,(H,18,20). The molecule has 1 fully saturated rings. The Kier molecular flexibility index (Phi) is 4.93. The summed E-state index contributed by atoms with van der Waals surface area (Å²) in [5.74, 6) is -0.631. The van der Waals surface area contributed by atoms with E-state index in [9.17, 15) is 13.2 Å². The molecule has 0 radical (unpaired) electrons. The van der Waals surface area contributed by atoms with Gasteiger partial charge < -0.3 is 9.73 Å². The number of nitrogens with one attached hydrogen (secondary N) is 1. The van der Waals surface area contributed by atoms with Gasteiger partial charge in [0.05, 0.1) is 10.7 Å². The van der Waals surface area contributed by atoms with Gasteiger partial charge in [0.15, 0.2) is 5.76 Å². The Labute approximate surface area is 145 Å². The average molecular weight is 369 g/mol. The van der Waals surface area contributed by atoms with Crippen molar-refractivity contribution in [2.75, 3.05) is 18.4 Å². The molecule has 2 aromatic rings. The number of sulfonamides is 1. The Balaban J connectivity index is 1.77. The number of amides is 1. The molecule has 0 unspecified atom stereocenters. The molecular formula is C16H17ClN2O4S. The van der Waals surface area contributed by atoms with E-state index in [1.807, 2.05) is 0 Å². The molecule has 3 rings (SSSR count). The average Bonchev–Trinajstić information content (AvgIpc) is 3.09. The van der Waals surface area contributed by atoms with E-state index in [1.54, 1.807) is 24.3 Å². The lowest BCUT2D eigenvalue weighted by molar-refractivity contribution is 0.0991. The van der Waals surface area contributed by atoms with Crippen LogP contribution in [0.3, 0.4) is 0 Å². The minimum atomic E-state index is -3.70. The van der Waals surface area contributed by atoms with Gasteiger partial charge >= 0.3 is 0 Å². The Morgan fingerprint density at radius 3 is 2.50 bits per heavy atom. The van der Waals surface area contributed by atoms with Crippen LogP contribution in [0, 0.1) is 0 Å². The normalized spacial score (nSPS) is 16.0. The highest BCUT2D eigenvalue weighted by molar-refractivity contribution is 7.89. The topological polar surface area (TPSA) is 79.6 Å². The van der Waals surface area contributed by atoms with Crippen molar-refractivity contribution < 1.29 is 17.6 Å². The number of furan rings is 1. The number of anilines is 1. The van der Waals surface area contributed by atoms with Crippen LogP contribution in [0.2, 0.25) is 5.02 Å². The van der Waals surface area contributed by atoms with Crippen molar-refractivity contribution >= 4 is 33.2 Å². The minimum absolute atomic E-state index is 0.0782. The van der Waals surface area contributed by atoms with E-state index >= 15 is 0 Å². The van der Waals surface area contributed by atoms with Gasteiger partial charge in [0.1, 0.15) is 0 Å². The molecule has 0 atom stereocenters. The Hall–Kier alpha value is -1.83. The van der Waals surface area contributed by atoms with Gasteiger partial charge in [-0.05, 0) is 37.1 Å². The predicted octanol–water partition coefficient (Wildman–Crippen LogP) is 3.36. The summed E-state index contributed by atoms with van der Waals surface area (Å²) in [4.78, 5) is 12.2. The van der Waals surface area contributed by atoms with E-state index in [0.717, 1.165) is 19.3 Å².